The number of nitrogens with zero attached hydrogens (tertiary/aromatic N) is 5. The number of hydrogen-bond donors (Lipinski definition) is 2. The minimum Gasteiger partial charge on any atom is -0.305 e. The van der Waals surface area contributed by atoms with Gasteiger partial charge in [0.2, 0.25) is 5.95 Å². The third kappa shape index (κ3) is 5.47. The lowest BCUT2D eigenvalue weighted by Gasteiger charge is -2.22. The molecule has 0 aromatic carbocycles. The summed E-state index contributed by atoms with van der Waals surface area (Å²) in [5.74, 6) is -2.07. The normalized spacial score (nSPS) is 14.5. The van der Waals surface area contributed by atoms with Gasteiger partial charge in [0.25, 0.3) is 11.8 Å². The Morgan fingerprint density at radius 3 is 2.54 bits per heavy atom. The van der Waals surface area contributed by atoms with E-state index >= 15 is 0 Å². The van der Waals surface area contributed by atoms with E-state index in [-0.39, 0.29) is 28.7 Å². The van der Waals surface area contributed by atoms with E-state index in [0.717, 1.165) is 37.8 Å². The molecule has 37 heavy (non-hydrogen) atoms. The summed E-state index contributed by atoms with van der Waals surface area (Å²) in [5, 5.41) is 13.8. The van der Waals surface area contributed by atoms with E-state index in [9.17, 15) is 14.0 Å². The number of anilines is 1. The Morgan fingerprint density at radius 2 is 1.92 bits per heavy atom. The number of aliphatic imine (C=N–C) groups is 1. The molecule has 4 rings (SSSR count). The van der Waals surface area contributed by atoms with Crippen LogP contribution in [0.3, 0.4) is 0 Å². The molecule has 0 unspecified atom stereocenters. The van der Waals surface area contributed by atoms with E-state index in [4.69, 9.17) is 0 Å². The Labute approximate surface area is 214 Å². The van der Waals surface area contributed by atoms with Gasteiger partial charge < -0.3 is 5.32 Å². The number of nitrogens with one attached hydrogen (secondary N) is 2. The molecule has 0 radical (unpaired) electrons. The van der Waals surface area contributed by atoms with Gasteiger partial charge in [-0.1, -0.05) is 31.4 Å². The Bertz CT molecular complexity index is 1340. The van der Waals surface area contributed by atoms with Crippen LogP contribution in [0.4, 0.5) is 10.2 Å². The average molecular weight is 504 g/mol. The molecule has 2 amide bonds. The Balaban J connectivity index is 1.63. The van der Waals surface area contributed by atoms with Crippen LogP contribution in [0.25, 0.3) is 11.1 Å². The molecule has 0 atom stereocenters. The lowest BCUT2D eigenvalue weighted by Crippen LogP contribution is -2.32. The second-order valence-corrected chi connectivity index (χ2v) is 9.06. The number of amides is 2. The number of carbonyl (C=O) groups is 2. The number of H-pyrrole nitrogens is 1. The van der Waals surface area contributed by atoms with E-state index in [1.807, 2.05) is 0 Å². The summed E-state index contributed by atoms with van der Waals surface area (Å²) in [4.78, 5) is 34.7. The number of hydrogen-bond acceptors (Lipinski definition) is 5. The lowest BCUT2D eigenvalue weighted by atomic mass is 9.85. The largest absolute Gasteiger partial charge is 0.305 e. The van der Waals surface area contributed by atoms with E-state index < -0.39 is 23.8 Å². The van der Waals surface area contributed by atoms with Crippen molar-refractivity contribution in [3.05, 3.63) is 72.7 Å². The number of allylic oxidation sites excluding steroid dienone is 2. The van der Waals surface area contributed by atoms with Gasteiger partial charge in [0, 0.05) is 28.9 Å². The number of halogens is 1. The highest BCUT2D eigenvalue weighted by molar-refractivity contribution is 6.45. The summed E-state index contributed by atoms with van der Waals surface area (Å²) in [6.45, 7) is 11.1. The number of aromatic nitrogens is 5. The second kappa shape index (κ2) is 11.2. The van der Waals surface area contributed by atoms with E-state index in [1.54, 1.807) is 32.1 Å². The van der Waals surface area contributed by atoms with Crippen molar-refractivity contribution in [1.29, 1.82) is 0 Å². The number of carbonyl (C=O) groups excluding carboxylic acids is 2. The summed E-state index contributed by atoms with van der Waals surface area (Å²) in [6, 6.07) is 4.22. The first-order valence-corrected chi connectivity index (χ1v) is 12.2. The number of rotatable bonds is 8. The fourth-order valence-electron chi connectivity index (χ4n) is 4.71. The van der Waals surface area contributed by atoms with Crippen molar-refractivity contribution in [3.8, 4) is 11.1 Å². The molecule has 2 N–H and O–H groups in total. The van der Waals surface area contributed by atoms with Crippen molar-refractivity contribution in [2.24, 2.45) is 10.9 Å². The van der Waals surface area contributed by atoms with Gasteiger partial charge in [0.15, 0.2) is 0 Å². The maximum absolute atomic E-state index is 14.9. The molecule has 192 valence electrons. The van der Waals surface area contributed by atoms with Gasteiger partial charge in [-0.25, -0.2) is 14.7 Å². The fraction of sp³-hybridized carbons (Fsp3) is 0.333. The van der Waals surface area contributed by atoms with Crippen LogP contribution in [0, 0.1) is 25.7 Å². The third-order valence-corrected chi connectivity index (χ3v) is 6.59. The molecule has 0 aliphatic heterocycles. The average Bonchev–Trinajstić information content (AvgIpc) is 3.51. The molecule has 1 fully saturated rings. The summed E-state index contributed by atoms with van der Waals surface area (Å²) in [7, 11) is 0. The first kappa shape index (κ1) is 25.9. The zero-order valence-corrected chi connectivity index (χ0v) is 21.0. The zero-order chi connectivity index (χ0) is 26.5. The van der Waals surface area contributed by atoms with Gasteiger partial charge in [-0.2, -0.15) is 14.6 Å². The molecule has 1 saturated carbocycles. The van der Waals surface area contributed by atoms with Gasteiger partial charge in [-0.05, 0) is 44.9 Å². The molecule has 1 aliphatic rings. The minimum atomic E-state index is -0.735. The van der Waals surface area contributed by atoms with Crippen LogP contribution in [-0.2, 0) is 4.79 Å². The lowest BCUT2D eigenvalue weighted by molar-refractivity contribution is -0.110. The standard InChI is InChI=1S/C27H30FN7O2/c1-5-19(6-2)35-21(14-15-29-35)26(36)32-24(18-10-8-7-9-11-18)27(37)31-22-13-12-20(25(28)30-22)23-16(3)33-34-17(23)4/h5-6,12-15,18-19H,1-2,7-11H2,3-4H3,(H,33,34)(H,30,31,37). The Kier molecular flexibility index (Phi) is 7.86. The van der Waals surface area contributed by atoms with Crippen LogP contribution in [0.1, 0.15) is 60.0 Å². The maximum Gasteiger partial charge on any atom is 0.295 e. The van der Waals surface area contributed by atoms with Gasteiger partial charge >= 0.3 is 0 Å². The van der Waals surface area contributed by atoms with Crippen LogP contribution < -0.4 is 5.32 Å². The molecule has 0 bridgehead atoms. The number of aromatic amines is 1. The summed E-state index contributed by atoms with van der Waals surface area (Å²) in [6.07, 6.45) is 9.10. The van der Waals surface area contributed by atoms with Crippen molar-refractivity contribution in [2.75, 3.05) is 5.32 Å². The molecule has 3 heterocycles. The van der Waals surface area contributed by atoms with Crippen LogP contribution in [0.2, 0.25) is 0 Å². The van der Waals surface area contributed by atoms with Gasteiger partial charge in [0.05, 0.1) is 11.7 Å². The molecule has 9 nitrogen and oxygen atoms in total. The summed E-state index contributed by atoms with van der Waals surface area (Å²) < 4.78 is 16.4. The van der Waals surface area contributed by atoms with Gasteiger partial charge in [-0.15, -0.1) is 13.2 Å². The van der Waals surface area contributed by atoms with E-state index in [1.165, 1.54) is 23.0 Å². The van der Waals surface area contributed by atoms with Crippen LogP contribution in [-0.4, -0.2) is 42.5 Å². The topological polar surface area (TPSA) is 118 Å². The summed E-state index contributed by atoms with van der Waals surface area (Å²) in [5.41, 5.74) is 2.60. The second-order valence-electron chi connectivity index (χ2n) is 9.06. The minimum absolute atomic E-state index is 0.0319. The third-order valence-electron chi connectivity index (χ3n) is 6.59. The van der Waals surface area contributed by atoms with Gasteiger partial charge in [0.1, 0.15) is 17.2 Å². The highest BCUT2D eigenvalue weighted by Crippen LogP contribution is 2.29. The molecule has 1 aliphatic carbocycles. The highest BCUT2D eigenvalue weighted by atomic mass is 19.1. The van der Waals surface area contributed by atoms with Crippen LogP contribution in [0.15, 0.2) is 54.7 Å². The van der Waals surface area contributed by atoms with Crippen molar-refractivity contribution < 1.29 is 14.0 Å². The molecule has 0 saturated heterocycles. The van der Waals surface area contributed by atoms with Crippen molar-refractivity contribution >= 4 is 23.3 Å². The molecular weight excluding hydrogens is 473 g/mol. The molecular formula is C27H30FN7O2. The van der Waals surface area contributed by atoms with Crippen LogP contribution >= 0.6 is 0 Å². The van der Waals surface area contributed by atoms with E-state index in [0.29, 0.717) is 11.3 Å². The first-order chi connectivity index (χ1) is 17.8. The first-order valence-electron chi connectivity index (χ1n) is 12.2. The maximum atomic E-state index is 14.9. The monoisotopic (exact) mass is 503 g/mol. The SMILES string of the molecule is C=CC(C=C)n1nccc1C(=O)N=C(C(=O)Nc1ccc(-c2c(C)n[nH]c2C)c(F)n1)C1CCCCC1. The molecule has 3 aromatic heterocycles. The van der Waals surface area contributed by atoms with Gasteiger partial charge in [-0.3, -0.25) is 14.7 Å². The smallest absolute Gasteiger partial charge is 0.295 e. The van der Waals surface area contributed by atoms with E-state index in [2.05, 4.69) is 43.7 Å². The number of aryl methyl sites for hydroxylation is 2. The number of pyridine rings is 1. The predicted molar refractivity (Wildman–Crippen MR) is 140 cm³/mol. The Hall–Kier alpha value is -4.21. The van der Waals surface area contributed by atoms with Crippen molar-refractivity contribution in [1.82, 2.24) is 25.0 Å². The van der Waals surface area contributed by atoms with Crippen molar-refractivity contribution in [2.45, 2.75) is 52.0 Å². The molecule has 0 spiro atoms. The quantitative estimate of drug-likeness (QED) is 0.251. The molecule has 10 heteroatoms. The van der Waals surface area contributed by atoms with Crippen molar-refractivity contribution in [3.63, 3.8) is 0 Å². The highest BCUT2D eigenvalue weighted by Gasteiger charge is 2.28. The fourth-order valence-corrected chi connectivity index (χ4v) is 4.71. The summed E-state index contributed by atoms with van der Waals surface area (Å²) >= 11 is 0. The zero-order valence-electron chi connectivity index (χ0n) is 21.0. The molecule has 3 aromatic rings. The predicted octanol–water partition coefficient (Wildman–Crippen LogP) is 5.14. The van der Waals surface area contributed by atoms with Crippen LogP contribution in [0.5, 0.6) is 0 Å². The Morgan fingerprint density at radius 1 is 1.19 bits per heavy atom.